The van der Waals surface area contributed by atoms with Crippen LogP contribution in [0.4, 0.5) is 0 Å². The van der Waals surface area contributed by atoms with E-state index in [2.05, 4.69) is 10.6 Å². The van der Waals surface area contributed by atoms with Crippen LogP contribution in [0.2, 0.25) is 0 Å². The fourth-order valence-corrected chi connectivity index (χ4v) is 4.86. The summed E-state index contributed by atoms with van der Waals surface area (Å²) in [4.78, 5) is 39.2. The molecule has 0 radical (unpaired) electrons. The lowest BCUT2D eigenvalue weighted by molar-refractivity contribution is -0.131. The number of thioether (sulfide) groups is 1. The number of hydrogen-bond donors (Lipinski definition) is 2. The molecule has 2 atom stereocenters. The SMILES string of the molecule is CC(C)C[C@H](NC(=O)CCc1ccccc1)C(=O)NC(Cc1ccccc1)C(=O)CSCc1ccco1. The van der Waals surface area contributed by atoms with Crippen molar-refractivity contribution in [1.29, 1.82) is 0 Å². The van der Waals surface area contributed by atoms with Crippen LogP contribution in [0.5, 0.6) is 0 Å². The summed E-state index contributed by atoms with van der Waals surface area (Å²) in [6.45, 7) is 4.02. The first-order valence-corrected chi connectivity index (χ1v) is 13.9. The lowest BCUT2D eigenvalue weighted by Crippen LogP contribution is -2.53. The van der Waals surface area contributed by atoms with Crippen LogP contribution in [-0.2, 0) is 33.0 Å². The molecule has 3 aromatic rings. The van der Waals surface area contributed by atoms with Crippen LogP contribution < -0.4 is 10.6 Å². The number of Topliss-reactive ketones (excluding diaryl/α,β-unsaturated/α-hetero) is 1. The Morgan fingerprint density at radius 3 is 2.14 bits per heavy atom. The van der Waals surface area contributed by atoms with Crippen LogP contribution >= 0.6 is 11.8 Å². The largest absolute Gasteiger partial charge is 0.468 e. The van der Waals surface area contributed by atoms with Crippen molar-refractivity contribution in [2.75, 3.05) is 5.75 Å². The maximum absolute atomic E-state index is 13.4. The number of hydrogen-bond acceptors (Lipinski definition) is 5. The zero-order chi connectivity index (χ0) is 26.5. The monoisotopic (exact) mass is 520 g/mol. The van der Waals surface area contributed by atoms with Crippen molar-refractivity contribution < 1.29 is 18.8 Å². The van der Waals surface area contributed by atoms with Gasteiger partial charge in [-0.3, -0.25) is 14.4 Å². The van der Waals surface area contributed by atoms with E-state index in [9.17, 15) is 14.4 Å². The van der Waals surface area contributed by atoms with Crippen molar-refractivity contribution in [3.8, 4) is 0 Å². The first-order valence-electron chi connectivity index (χ1n) is 12.7. The molecule has 1 heterocycles. The fourth-order valence-electron chi connectivity index (χ4n) is 3.99. The molecule has 0 saturated heterocycles. The van der Waals surface area contributed by atoms with Gasteiger partial charge in [0.25, 0.3) is 0 Å². The standard InChI is InChI=1S/C30H36N2O4S/c1-22(2)18-27(31-29(34)16-15-23-10-5-3-6-11-23)30(35)32-26(19-24-12-7-4-8-13-24)28(33)21-37-20-25-14-9-17-36-25/h3-14,17,22,26-27H,15-16,18-21H2,1-2H3,(H,31,34)(H,32,35)/t26?,27-/m0/s1. The van der Waals surface area contributed by atoms with Gasteiger partial charge in [-0.2, -0.15) is 0 Å². The Morgan fingerprint density at radius 1 is 0.838 bits per heavy atom. The minimum Gasteiger partial charge on any atom is -0.468 e. The van der Waals surface area contributed by atoms with Crippen molar-refractivity contribution in [2.24, 2.45) is 5.92 Å². The second-order valence-corrected chi connectivity index (χ2v) is 10.5. The minimum atomic E-state index is -0.704. The molecule has 1 aromatic heterocycles. The number of ketones is 1. The third-order valence-corrected chi connectivity index (χ3v) is 6.88. The second kappa shape index (κ2) is 15.1. The summed E-state index contributed by atoms with van der Waals surface area (Å²) in [6.07, 6.45) is 3.39. The van der Waals surface area contributed by atoms with Gasteiger partial charge in [0.05, 0.1) is 23.8 Å². The molecule has 0 fully saturated rings. The Bertz CT molecular complexity index is 1100. The number of benzene rings is 2. The fraction of sp³-hybridized carbons (Fsp3) is 0.367. The van der Waals surface area contributed by atoms with Crippen LogP contribution in [0.15, 0.2) is 83.5 Å². The zero-order valence-electron chi connectivity index (χ0n) is 21.5. The summed E-state index contributed by atoms with van der Waals surface area (Å²) >= 11 is 1.45. The highest BCUT2D eigenvalue weighted by Gasteiger charge is 2.27. The molecule has 0 bridgehead atoms. The lowest BCUT2D eigenvalue weighted by Gasteiger charge is -2.24. The molecule has 2 aromatic carbocycles. The molecule has 2 amide bonds. The summed E-state index contributed by atoms with van der Waals surface area (Å²) in [5.41, 5.74) is 2.03. The van der Waals surface area contributed by atoms with E-state index in [1.165, 1.54) is 11.8 Å². The van der Waals surface area contributed by atoms with Gasteiger partial charge in [0.1, 0.15) is 11.8 Å². The van der Waals surface area contributed by atoms with E-state index in [0.717, 1.165) is 16.9 Å². The molecule has 0 saturated carbocycles. The van der Waals surface area contributed by atoms with Crippen molar-refractivity contribution >= 4 is 29.4 Å². The van der Waals surface area contributed by atoms with Gasteiger partial charge in [0.2, 0.25) is 11.8 Å². The predicted molar refractivity (Wildman–Crippen MR) is 148 cm³/mol. The molecule has 0 aliphatic rings. The molecule has 1 unspecified atom stereocenters. The van der Waals surface area contributed by atoms with Crippen molar-refractivity contribution in [2.45, 2.75) is 57.4 Å². The van der Waals surface area contributed by atoms with Gasteiger partial charge in [0, 0.05) is 6.42 Å². The van der Waals surface area contributed by atoms with Crippen LogP contribution in [0.3, 0.4) is 0 Å². The Labute approximate surface area is 223 Å². The molecule has 6 nitrogen and oxygen atoms in total. The number of nitrogens with one attached hydrogen (secondary N) is 2. The number of amides is 2. The number of furan rings is 1. The van der Waals surface area contributed by atoms with Crippen molar-refractivity contribution in [3.63, 3.8) is 0 Å². The molecular weight excluding hydrogens is 484 g/mol. The Morgan fingerprint density at radius 2 is 1.51 bits per heavy atom. The number of aryl methyl sites for hydroxylation is 1. The summed E-state index contributed by atoms with van der Waals surface area (Å²) < 4.78 is 5.35. The van der Waals surface area contributed by atoms with Gasteiger partial charge >= 0.3 is 0 Å². The lowest BCUT2D eigenvalue weighted by atomic mass is 9.99. The third-order valence-electron chi connectivity index (χ3n) is 5.90. The van der Waals surface area contributed by atoms with Gasteiger partial charge in [0.15, 0.2) is 5.78 Å². The summed E-state index contributed by atoms with van der Waals surface area (Å²) in [7, 11) is 0. The highest BCUT2D eigenvalue weighted by Crippen LogP contribution is 2.15. The van der Waals surface area contributed by atoms with Gasteiger partial charge in [-0.15, -0.1) is 11.8 Å². The maximum atomic E-state index is 13.4. The minimum absolute atomic E-state index is 0.0625. The Hall–Kier alpha value is -3.32. The van der Waals surface area contributed by atoms with E-state index in [1.807, 2.05) is 86.6 Å². The molecule has 0 spiro atoms. The molecule has 37 heavy (non-hydrogen) atoms. The Kier molecular flexibility index (Phi) is 11.5. The molecule has 3 rings (SSSR count). The second-order valence-electron chi connectivity index (χ2n) is 9.52. The van der Waals surface area contributed by atoms with E-state index < -0.39 is 12.1 Å². The van der Waals surface area contributed by atoms with Crippen LogP contribution in [-0.4, -0.2) is 35.4 Å². The molecule has 2 N–H and O–H groups in total. The maximum Gasteiger partial charge on any atom is 0.243 e. The summed E-state index contributed by atoms with van der Waals surface area (Å²) in [5.74, 6) is 1.26. The van der Waals surface area contributed by atoms with E-state index in [4.69, 9.17) is 4.42 Å². The van der Waals surface area contributed by atoms with Crippen LogP contribution in [0.1, 0.15) is 43.6 Å². The van der Waals surface area contributed by atoms with Gasteiger partial charge in [-0.1, -0.05) is 74.5 Å². The number of carbonyl (C=O) groups is 3. The Balaban J connectivity index is 1.63. The summed E-state index contributed by atoms with van der Waals surface area (Å²) in [5, 5.41) is 5.86. The number of rotatable bonds is 15. The van der Waals surface area contributed by atoms with E-state index in [-0.39, 0.29) is 29.3 Å². The molecule has 196 valence electrons. The average Bonchev–Trinajstić information content (AvgIpc) is 3.41. The zero-order valence-corrected chi connectivity index (χ0v) is 22.3. The molecule has 0 aliphatic carbocycles. The van der Waals surface area contributed by atoms with Crippen molar-refractivity contribution in [1.82, 2.24) is 10.6 Å². The molecule has 0 aliphatic heterocycles. The van der Waals surface area contributed by atoms with E-state index in [1.54, 1.807) is 6.26 Å². The molecular formula is C30H36N2O4S. The quantitative estimate of drug-likeness (QED) is 0.295. The highest BCUT2D eigenvalue weighted by molar-refractivity contribution is 7.99. The van der Waals surface area contributed by atoms with E-state index in [0.29, 0.717) is 31.4 Å². The van der Waals surface area contributed by atoms with Crippen LogP contribution in [0, 0.1) is 5.92 Å². The number of carbonyl (C=O) groups excluding carboxylic acids is 3. The highest BCUT2D eigenvalue weighted by atomic mass is 32.2. The third kappa shape index (κ3) is 10.3. The summed E-state index contributed by atoms with van der Waals surface area (Å²) in [6, 6.07) is 21.7. The van der Waals surface area contributed by atoms with Gasteiger partial charge in [-0.05, 0) is 48.4 Å². The molecule has 7 heteroatoms. The first-order chi connectivity index (χ1) is 17.9. The average molecular weight is 521 g/mol. The normalized spacial score (nSPS) is 12.6. The van der Waals surface area contributed by atoms with Crippen LogP contribution in [0.25, 0.3) is 0 Å². The van der Waals surface area contributed by atoms with E-state index >= 15 is 0 Å². The first kappa shape index (κ1) is 28.3. The van der Waals surface area contributed by atoms with Crippen molar-refractivity contribution in [3.05, 3.63) is 95.9 Å². The van der Waals surface area contributed by atoms with Gasteiger partial charge < -0.3 is 15.1 Å². The smallest absolute Gasteiger partial charge is 0.243 e. The predicted octanol–water partition coefficient (Wildman–Crippen LogP) is 4.97. The van der Waals surface area contributed by atoms with Gasteiger partial charge in [-0.25, -0.2) is 0 Å². The topological polar surface area (TPSA) is 88.4 Å².